The van der Waals surface area contributed by atoms with Crippen molar-refractivity contribution in [2.45, 2.75) is 20.8 Å². The Balaban J connectivity index is 0.00000116. The van der Waals surface area contributed by atoms with E-state index in [1.807, 2.05) is 69.1 Å². The molecule has 0 aliphatic carbocycles. The molecular weight excluding hydrogens is 290 g/mol. The molecule has 0 saturated carbocycles. The molecule has 0 unspecified atom stereocenters. The van der Waals surface area contributed by atoms with Gasteiger partial charge in [0, 0.05) is 5.56 Å². The third-order valence-corrected chi connectivity index (χ3v) is 3.77. The van der Waals surface area contributed by atoms with Gasteiger partial charge in [0.1, 0.15) is 5.82 Å². The van der Waals surface area contributed by atoms with Gasteiger partial charge >= 0.3 is 0 Å². The van der Waals surface area contributed by atoms with E-state index in [1.54, 1.807) is 12.1 Å². The van der Waals surface area contributed by atoms with Crippen molar-refractivity contribution in [1.29, 1.82) is 0 Å². The van der Waals surface area contributed by atoms with Crippen LogP contribution < -0.4 is 0 Å². The van der Waals surface area contributed by atoms with E-state index in [4.69, 9.17) is 0 Å². The monoisotopic (exact) mass is 312 g/mol. The molecule has 1 aromatic heterocycles. The van der Waals surface area contributed by atoms with Crippen molar-refractivity contribution in [2.24, 2.45) is 0 Å². The summed E-state index contributed by atoms with van der Waals surface area (Å²) in [5, 5.41) is 0. The maximum atomic E-state index is 14.3. The third-order valence-electron chi connectivity index (χ3n) is 3.00. The Kier molecular flexibility index (Phi) is 8.10. The summed E-state index contributed by atoms with van der Waals surface area (Å²) in [6, 6.07) is 9.38. The molecule has 0 radical (unpaired) electrons. The molecule has 0 bridgehead atoms. The maximum Gasteiger partial charge on any atom is 0.131 e. The largest absolute Gasteiger partial charge is 0.206 e. The van der Waals surface area contributed by atoms with E-state index in [9.17, 15) is 4.39 Å². The van der Waals surface area contributed by atoms with Crippen molar-refractivity contribution in [1.82, 2.24) is 0 Å². The van der Waals surface area contributed by atoms with E-state index < -0.39 is 0 Å². The lowest BCUT2D eigenvalue weighted by atomic mass is 10.0. The molecule has 0 spiro atoms. The Labute approximate surface area is 134 Å². The molecular formula is C20H22FP. The smallest absolute Gasteiger partial charge is 0.131 e. The third kappa shape index (κ3) is 4.79. The van der Waals surface area contributed by atoms with Gasteiger partial charge in [-0.3, -0.25) is 0 Å². The molecule has 0 atom stereocenters. The molecule has 1 aromatic carbocycles. The lowest BCUT2D eigenvalue weighted by Gasteiger charge is -2.07. The summed E-state index contributed by atoms with van der Waals surface area (Å²) in [5.41, 5.74) is 3.43. The summed E-state index contributed by atoms with van der Waals surface area (Å²) in [4.78, 5) is 0. The van der Waals surface area contributed by atoms with Crippen molar-refractivity contribution in [3.05, 3.63) is 84.2 Å². The van der Waals surface area contributed by atoms with Crippen LogP contribution in [0.3, 0.4) is 0 Å². The average molecular weight is 312 g/mol. The molecule has 0 amide bonds. The van der Waals surface area contributed by atoms with Gasteiger partial charge in [-0.25, -0.2) is 4.39 Å². The minimum atomic E-state index is -0.204. The SMILES string of the molecule is C=C/C=C\C(=C/C)c1ccc(-c2cccpc2)cc1F.CC. The van der Waals surface area contributed by atoms with Crippen LogP contribution in [0.5, 0.6) is 0 Å². The second-order valence-corrected chi connectivity index (χ2v) is 5.13. The van der Waals surface area contributed by atoms with Gasteiger partial charge in [0.25, 0.3) is 0 Å². The molecule has 2 heteroatoms. The second kappa shape index (κ2) is 9.87. The fourth-order valence-corrected chi connectivity index (χ4v) is 2.64. The predicted molar refractivity (Wildman–Crippen MR) is 98.7 cm³/mol. The first-order valence-corrected chi connectivity index (χ1v) is 8.45. The highest BCUT2D eigenvalue weighted by Crippen LogP contribution is 2.27. The number of rotatable bonds is 4. The maximum absolute atomic E-state index is 14.3. The zero-order valence-electron chi connectivity index (χ0n) is 13.4. The summed E-state index contributed by atoms with van der Waals surface area (Å²) < 4.78 is 14.3. The standard InChI is InChI=1S/C18H16FP.C2H6/c1-3-5-7-14(4-2)17-10-9-15(12-18(17)19)16-8-6-11-20-13-16;1-2/h3-13H,1H2,2H3;1-2H3/b7-5-,14-4+;. The van der Waals surface area contributed by atoms with E-state index in [0.29, 0.717) is 5.56 Å². The Morgan fingerprint density at radius 1 is 1.18 bits per heavy atom. The highest BCUT2D eigenvalue weighted by Gasteiger charge is 2.07. The molecule has 1 heterocycles. The Hall–Kier alpha value is -1.98. The Morgan fingerprint density at radius 3 is 2.50 bits per heavy atom. The van der Waals surface area contributed by atoms with Crippen LogP contribution in [0, 0.1) is 5.82 Å². The van der Waals surface area contributed by atoms with Crippen molar-refractivity contribution >= 4 is 13.8 Å². The van der Waals surface area contributed by atoms with Gasteiger partial charge in [-0.15, -0.1) is 0 Å². The summed E-state index contributed by atoms with van der Waals surface area (Å²) in [6.07, 6.45) is 7.25. The molecule has 0 saturated heterocycles. The fraction of sp³-hybridized carbons (Fsp3) is 0.150. The van der Waals surface area contributed by atoms with Crippen LogP contribution in [-0.2, 0) is 0 Å². The second-order valence-electron chi connectivity index (χ2n) is 4.28. The van der Waals surface area contributed by atoms with Gasteiger partial charge in [0.15, 0.2) is 0 Å². The quantitative estimate of drug-likeness (QED) is 0.522. The Morgan fingerprint density at radius 2 is 1.95 bits per heavy atom. The topological polar surface area (TPSA) is 0 Å². The summed E-state index contributed by atoms with van der Waals surface area (Å²) in [6.45, 7) is 9.53. The molecule has 0 nitrogen and oxygen atoms in total. The van der Waals surface area contributed by atoms with Crippen molar-refractivity contribution in [2.75, 3.05) is 0 Å². The summed E-state index contributed by atoms with van der Waals surface area (Å²) >= 11 is 0. The number of hydrogen-bond donors (Lipinski definition) is 0. The van der Waals surface area contributed by atoms with Crippen LogP contribution >= 0.6 is 8.19 Å². The van der Waals surface area contributed by atoms with E-state index in [2.05, 4.69) is 12.4 Å². The predicted octanol–water partition coefficient (Wildman–Crippen LogP) is 7.24. The number of halogens is 1. The molecule has 0 fully saturated rings. The zero-order chi connectivity index (χ0) is 16.4. The van der Waals surface area contributed by atoms with Crippen LogP contribution in [0.1, 0.15) is 26.3 Å². The number of hydrogen-bond acceptors (Lipinski definition) is 0. The molecule has 0 aliphatic heterocycles. The molecule has 0 aliphatic rings. The van der Waals surface area contributed by atoms with Crippen molar-refractivity contribution in [3.8, 4) is 11.1 Å². The van der Waals surface area contributed by atoms with Crippen LogP contribution in [0.4, 0.5) is 4.39 Å². The number of allylic oxidation sites excluding steroid dienone is 5. The zero-order valence-corrected chi connectivity index (χ0v) is 14.3. The van der Waals surface area contributed by atoms with Crippen LogP contribution in [0.15, 0.2) is 72.8 Å². The first-order chi connectivity index (χ1) is 10.8. The van der Waals surface area contributed by atoms with E-state index in [-0.39, 0.29) is 5.82 Å². The van der Waals surface area contributed by atoms with Crippen LogP contribution in [0.25, 0.3) is 16.7 Å². The van der Waals surface area contributed by atoms with Gasteiger partial charge in [-0.1, -0.05) is 77.2 Å². The minimum Gasteiger partial charge on any atom is -0.206 e. The first-order valence-electron chi connectivity index (χ1n) is 7.42. The van der Waals surface area contributed by atoms with Crippen molar-refractivity contribution < 1.29 is 4.39 Å². The van der Waals surface area contributed by atoms with Crippen LogP contribution in [-0.4, -0.2) is 0 Å². The lowest BCUT2D eigenvalue weighted by Crippen LogP contribution is -1.89. The highest BCUT2D eigenvalue weighted by atomic mass is 31.0. The highest BCUT2D eigenvalue weighted by molar-refractivity contribution is 7.28. The minimum absolute atomic E-state index is 0.204. The van der Waals surface area contributed by atoms with Crippen LogP contribution in [0.2, 0.25) is 0 Å². The van der Waals surface area contributed by atoms with Gasteiger partial charge in [0.2, 0.25) is 0 Å². The molecule has 0 N–H and O–H groups in total. The average Bonchev–Trinajstić information content (AvgIpc) is 2.59. The first kappa shape index (κ1) is 18.1. The molecule has 22 heavy (non-hydrogen) atoms. The lowest BCUT2D eigenvalue weighted by molar-refractivity contribution is 0.625. The summed E-state index contributed by atoms with van der Waals surface area (Å²) in [7, 11) is 1.13. The van der Waals surface area contributed by atoms with Gasteiger partial charge in [-0.05, 0) is 41.3 Å². The molecule has 114 valence electrons. The number of benzene rings is 1. The fourth-order valence-electron chi connectivity index (χ4n) is 1.98. The van der Waals surface area contributed by atoms with Gasteiger partial charge < -0.3 is 0 Å². The Bertz CT molecular complexity index is 655. The van der Waals surface area contributed by atoms with Gasteiger partial charge in [0.05, 0.1) is 0 Å². The summed E-state index contributed by atoms with van der Waals surface area (Å²) in [5.74, 6) is 3.92. The molecule has 2 aromatic rings. The van der Waals surface area contributed by atoms with Gasteiger partial charge in [-0.2, -0.15) is 0 Å². The van der Waals surface area contributed by atoms with E-state index in [1.165, 1.54) is 0 Å². The normalized spacial score (nSPS) is 11.4. The van der Waals surface area contributed by atoms with E-state index >= 15 is 0 Å². The molecule has 2 rings (SSSR count). The van der Waals surface area contributed by atoms with Crippen molar-refractivity contribution in [3.63, 3.8) is 0 Å². The van der Waals surface area contributed by atoms with E-state index in [0.717, 1.165) is 24.9 Å².